The van der Waals surface area contributed by atoms with Gasteiger partial charge in [-0.3, -0.25) is 0 Å². The molecule has 0 aliphatic carbocycles. The SMILES string of the molecule is CCn1ncnc1COc1cccc(CN)c1. The van der Waals surface area contributed by atoms with E-state index >= 15 is 0 Å². The van der Waals surface area contributed by atoms with Crippen LogP contribution in [0.15, 0.2) is 30.6 Å². The summed E-state index contributed by atoms with van der Waals surface area (Å²) in [5.74, 6) is 1.63. The van der Waals surface area contributed by atoms with Gasteiger partial charge in [-0.05, 0) is 24.6 Å². The summed E-state index contributed by atoms with van der Waals surface area (Å²) in [7, 11) is 0. The molecule has 5 nitrogen and oxygen atoms in total. The van der Waals surface area contributed by atoms with Crippen molar-refractivity contribution < 1.29 is 4.74 Å². The summed E-state index contributed by atoms with van der Waals surface area (Å²) in [4.78, 5) is 4.15. The number of hydrogen-bond donors (Lipinski definition) is 1. The monoisotopic (exact) mass is 232 g/mol. The van der Waals surface area contributed by atoms with Gasteiger partial charge < -0.3 is 10.5 Å². The van der Waals surface area contributed by atoms with Crippen molar-refractivity contribution in [3.8, 4) is 5.75 Å². The van der Waals surface area contributed by atoms with E-state index in [1.54, 1.807) is 6.33 Å². The van der Waals surface area contributed by atoms with Crippen molar-refractivity contribution in [1.82, 2.24) is 14.8 Å². The van der Waals surface area contributed by atoms with Crippen molar-refractivity contribution in [3.05, 3.63) is 42.0 Å². The first kappa shape index (κ1) is 11.6. The van der Waals surface area contributed by atoms with Crippen molar-refractivity contribution in [2.75, 3.05) is 0 Å². The summed E-state index contributed by atoms with van der Waals surface area (Å²) >= 11 is 0. The Kier molecular flexibility index (Phi) is 3.72. The summed E-state index contributed by atoms with van der Waals surface area (Å²) in [6.45, 7) is 3.75. The molecule has 2 aromatic rings. The maximum Gasteiger partial charge on any atom is 0.164 e. The topological polar surface area (TPSA) is 66.0 Å². The van der Waals surface area contributed by atoms with Crippen molar-refractivity contribution >= 4 is 0 Å². The second-order valence-corrected chi connectivity index (χ2v) is 3.63. The summed E-state index contributed by atoms with van der Waals surface area (Å²) in [5, 5.41) is 4.09. The molecule has 0 fully saturated rings. The van der Waals surface area contributed by atoms with E-state index in [0.717, 1.165) is 23.7 Å². The van der Waals surface area contributed by atoms with Gasteiger partial charge in [0, 0.05) is 13.1 Å². The van der Waals surface area contributed by atoms with Crippen LogP contribution in [0, 0.1) is 0 Å². The quantitative estimate of drug-likeness (QED) is 0.844. The summed E-state index contributed by atoms with van der Waals surface area (Å²) in [6.07, 6.45) is 1.54. The van der Waals surface area contributed by atoms with Crippen LogP contribution in [0.1, 0.15) is 18.3 Å². The van der Waals surface area contributed by atoms with Gasteiger partial charge in [0.05, 0.1) is 0 Å². The number of nitrogens with zero attached hydrogens (tertiary/aromatic N) is 3. The van der Waals surface area contributed by atoms with Crippen LogP contribution in [-0.2, 0) is 19.7 Å². The molecule has 17 heavy (non-hydrogen) atoms. The zero-order valence-electron chi connectivity index (χ0n) is 9.84. The third kappa shape index (κ3) is 2.82. The standard InChI is InChI=1S/C12H16N4O/c1-2-16-12(14-9-15-16)8-17-11-5-3-4-10(6-11)7-13/h3-6,9H,2,7-8,13H2,1H3. The van der Waals surface area contributed by atoms with Gasteiger partial charge >= 0.3 is 0 Å². The average Bonchev–Trinajstić information content (AvgIpc) is 2.84. The number of hydrogen-bond acceptors (Lipinski definition) is 4. The fourth-order valence-electron chi connectivity index (χ4n) is 1.57. The average molecular weight is 232 g/mol. The number of nitrogens with two attached hydrogens (primary N) is 1. The Morgan fingerprint density at radius 3 is 3.06 bits per heavy atom. The summed E-state index contributed by atoms with van der Waals surface area (Å²) in [6, 6.07) is 7.75. The first-order chi connectivity index (χ1) is 8.33. The zero-order valence-corrected chi connectivity index (χ0v) is 9.84. The van der Waals surface area contributed by atoms with E-state index in [9.17, 15) is 0 Å². The minimum absolute atomic E-state index is 0.419. The number of rotatable bonds is 5. The maximum absolute atomic E-state index is 5.66. The third-order valence-electron chi connectivity index (χ3n) is 2.50. The molecular weight excluding hydrogens is 216 g/mol. The minimum Gasteiger partial charge on any atom is -0.486 e. The molecule has 0 atom stereocenters. The highest BCUT2D eigenvalue weighted by Crippen LogP contribution is 2.14. The molecule has 0 unspecified atom stereocenters. The van der Waals surface area contributed by atoms with Crippen LogP contribution in [0.25, 0.3) is 0 Å². The van der Waals surface area contributed by atoms with E-state index in [1.165, 1.54) is 0 Å². The van der Waals surface area contributed by atoms with Crippen LogP contribution in [0.2, 0.25) is 0 Å². The number of ether oxygens (including phenoxy) is 1. The van der Waals surface area contributed by atoms with Gasteiger partial charge in [0.25, 0.3) is 0 Å². The van der Waals surface area contributed by atoms with Crippen LogP contribution >= 0.6 is 0 Å². The normalized spacial score (nSPS) is 10.5. The van der Waals surface area contributed by atoms with E-state index in [4.69, 9.17) is 10.5 Å². The van der Waals surface area contributed by atoms with Crippen LogP contribution in [0.4, 0.5) is 0 Å². The zero-order chi connectivity index (χ0) is 12.1. The van der Waals surface area contributed by atoms with Crippen LogP contribution in [-0.4, -0.2) is 14.8 Å². The molecule has 1 aromatic heterocycles. The first-order valence-corrected chi connectivity index (χ1v) is 5.62. The van der Waals surface area contributed by atoms with Gasteiger partial charge in [0.2, 0.25) is 0 Å². The second-order valence-electron chi connectivity index (χ2n) is 3.63. The Hall–Kier alpha value is -1.88. The highest BCUT2D eigenvalue weighted by molar-refractivity contribution is 5.28. The van der Waals surface area contributed by atoms with E-state index < -0.39 is 0 Å². The van der Waals surface area contributed by atoms with Gasteiger partial charge in [0.1, 0.15) is 18.7 Å². The lowest BCUT2D eigenvalue weighted by atomic mass is 10.2. The Labute approximate surface area is 100 Å². The lowest BCUT2D eigenvalue weighted by molar-refractivity contribution is 0.287. The minimum atomic E-state index is 0.419. The third-order valence-corrected chi connectivity index (χ3v) is 2.50. The highest BCUT2D eigenvalue weighted by atomic mass is 16.5. The summed E-state index contributed by atoms with van der Waals surface area (Å²) < 4.78 is 7.47. The smallest absolute Gasteiger partial charge is 0.164 e. The van der Waals surface area contributed by atoms with Crippen LogP contribution in [0.3, 0.4) is 0 Å². The van der Waals surface area contributed by atoms with Gasteiger partial charge in [0.15, 0.2) is 5.82 Å². The van der Waals surface area contributed by atoms with E-state index in [2.05, 4.69) is 10.1 Å². The molecule has 0 spiro atoms. The second kappa shape index (κ2) is 5.45. The largest absolute Gasteiger partial charge is 0.486 e. The Bertz CT molecular complexity index is 481. The van der Waals surface area contributed by atoms with E-state index in [0.29, 0.717) is 13.2 Å². The van der Waals surface area contributed by atoms with Crippen molar-refractivity contribution in [3.63, 3.8) is 0 Å². The lowest BCUT2D eigenvalue weighted by Gasteiger charge is -2.07. The molecule has 0 saturated heterocycles. The molecule has 0 radical (unpaired) electrons. The van der Waals surface area contributed by atoms with Crippen LogP contribution in [0.5, 0.6) is 5.75 Å². The molecule has 0 aliphatic heterocycles. The Morgan fingerprint density at radius 2 is 2.29 bits per heavy atom. The van der Waals surface area contributed by atoms with Gasteiger partial charge in [-0.2, -0.15) is 5.10 Å². The molecule has 1 aromatic carbocycles. The molecular formula is C12H16N4O. The summed E-state index contributed by atoms with van der Waals surface area (Å²) in [5.41, 5.74) is 6.63. The van der Waals surface area contributed by atoms with Gasteiger partial charge in [-0.1, -0.05) is 12.1 Å². The molecule has 0 saturated carbocycles. The van der Waals surface area contributed by atoms with Crippen LogP contribution < -0.4 is 10.5 Å². The number of benzene rings is 1. The molecule has 5 heteroatoms. The molecule has 0 bridgehead atoms. The van der Waals surface area contributed by atoms with E-state index in [1.807, 2.05) is 35.9 Å². The number of aromatic nitrogens is 3. The van der Waals surface area contributed by atoms with E-state index in [-0.39, 0.29) is 0 Å². The maximum atomic E-state index is 5.66. The molecule has 0 aliphatic rings. The lowest BCUT2D eigenvalue weighted by Crippen LogP contribution is -2.07. The van der Waals surface area contributed by atoms with Gasteiger partial charge in [-0.25, -0.2) is 9.67 Å². The molecule has 1 heterocycles. The molecule has 2 N–H and O–H groups in total. The predicted octanol–water partition coefficient (Wildman–Crippen LogP) is 1.34. The van der Waals surface area contributed by atoms with Crippen molar-refractivity contribution in [2.24, 2.45) is 5.73 Å². The molecule has 0 amide bonds. The fraction of sp³-hybridized carbons (Fsp3) is 0.333. The highest BCUT2D eigenvalue weighted by Gasteiger charge is 2.03. The number of aryl methyl sites for hydroxylation is 1. The fourth-order valence-corrected chi connectivity index (χ4v) is 1.57. The van der Waals surface area contributed by atoms with Crippen molar-refractivity contribution in [1.29, 1.82) is 0 Å². The van der Waals surface area contributed by atoms with Crippen molar-refractivity contribution in [2.45, 2.75) is 26.6 Å². The Morgan fingerprint density at radius 1 is 1.41 bits per heavy atom. The first-order valence-electron chi connectivity index (χ1n) is 5.62. The predicted molar refractivity (Wildman–Crippen MR) is 64.4 cm³/mol. The van der Waals surface area contributed by atoms with Gasteiger partial charge in [-0.15, -0.1) is 0 Å². The Balaban J connectivity index is 2.02. The molecule has 2 rings (SSSR count). The molecule has 90 valence electrons.